The second-order valence-corrected chi connectivity index (χ2v) is 8.71. The number of aromatic nitrogens is 1. The van der Waals surface area contributed by atoms with Crippen molar-refractivity contribution in [1.29, 1.82) is 0 Å². The molecule has 1 unspecified atom stereocenters. The van der Waals surface area contributed by atoms with Gasteiger partial charge in [-0.2, -0.15) is 0 Å². The molecule has 0 saturated carbocycles. The van der Waals surface area contributed by atoms with Gasteiger partial charge in [-0.3, -0.25) is 9.88 Å². The highest BCUT2D eigenvalue weighted by Gasteiger charge is 2.27. The molecule has 26 heavy (non-hydrogen) atoms. The molecule has 6 nitrogen and oxygen atoms in total. The van der Waals surface area contributed by atoms with E-state index >= 15 is 0 Å². The van der Waals surface area contributed by atoms with Gasteiger partial charge in [0.2, 0.25) is 0 Å². The number of phenolic OH excluding ortho intramolecular Hbond substituents is 1. The lowest BCUT2D eigenvalue weighted by Crippen LogP contribution is -2.34. The summed E-state index contributed by atoms with van der Waals surface area (Å²) in [7, 11) is -1.74. The number of sulfone groups is 1. The summed E-state index contributed by atoms with van der Waals surface area (Å²) < 4.78 is 29.3. The van der Waals surface area contributed by atoms with Gasteiger partial charge in [0.1, 0.15) is 11.5 Å². The van der Waals surface area contributed by atoms with Gasteiger partial charge in [-0.15, -0.1) is 0 Å². The molecule has 2 aromatic rings. The van der Waals surface area contributed by atoms with Gasteiger partial charge in [-0.25, -0.2) is 8.42 Å². The van der Waals surface area contributed by atoms with Crippen molar-refractivity contribution in [2.24, 2.45) is 0 Å². The number of rotatable bonds is 5. The normalized spacial score (nSPS) is 18.6. The van der Waals surface area contributed by atoms with Crippen molar-refractivity contribution in [3.05, 3.63) is 47.8 Å². The van der Waals surface area contributed by atoms with E-state index in [1.807, 2.05) is 12.1 Å². The van der Waals surface area contributed by atoms with Gasteiger partial charge in [-0.1, -0.05) is 6.07 Å². The SMILES string of the molecule is COc1ccc(CN2CCCC(c3ncccc3S(C)(=O)=O)C2)c(O)c1. The van der Waals surface area contributed by atoms with Crippen LogP contribution in [0.25, 0.3) is 0 Å². The third-order valence-electron chi connectivity index (χ3n) is 4.78. The molecule has 0 radical (unpaired) electrons. The molecular weight excluding hydrogens is 352 g/mol. The highest BCUT2D eigenvalue weighted by atomic mass is 32.2. The lowest BCUT2D eigenvalue weighted by atomic mass is 9.94. The summed E-state index contributed by atoms with van der Waals surface area (Å²) in [6, 6.07) is 8.59. The fraction of sp³-hybridized carbons (Fsp3) is 0.421. The number of phenols is 1. The van der Waals surface area contributed by atoms with Crippen LogP contribution < -0.4 is 4.74 Å². The number of hydrogen-bond donors (Lipinski definition) is 1. The molecule has 3 rings (SSSR count). The highest BCUT2D eigenvalue weighted by molar-refractivity contribution is 7.90. The molecule has 1 atom stereocenters. The smallest absolute Gasteiger partial charge is 0.177 e. The molecule has 1 fully saturated rings. The maximum absolute atomic E-state index is 12.1. The summed E-state index contributed by atoms with van der Waals surface area (Å²) in [5.74, 6) is 0.894. The molecular formula is C19H24N2O4S. The lowest BCUT2D eigenvalue weighted by Gasteiger charge is -2.33. The summed E-state index contributed by atoms with van der Waals surface area (Å²) in [6.45, 7) is 2.22. The van der Waals surface area contributed by atoms with Gasteiger partial charge >= 0.3 is 0 Å². The Bertz CT molecular complexity index is 883. The van der Waals surface area contributed by atoms with Crippen molar-refractivity contribution in [2.75, 3.05) is 26.5 Å². The van der Waals surface area contributed by atoms with Gasteiger partial charge in [-0.05, 0) is 37.6 Å². The van der Waals surface area contributed by atoms with Crippen LogP contribution in [-0.2, 0) is 16.4 Å². The standard InChI is InChI=1S/C19H24N2O4S/c1-25-16-8-7-14(17(22)11-16)12-21-10-4-5-15(13-21)19-18(26(2,23)24)6-3-9-20-19/h3,6-9,11,15,22H,4-5,10,12-13H2,1-2H3. The number of methoxy groups -OCH3 is 1. The average Bonchev–Trinajstić information content (AvgIpc) is 2.63. The summed E-state index contributed by atoms with van der Waals surface area (Å²) in [5, 5.41) is 10.2. The highest BCUT2D eigenvalue weighted by Crippen LogP contribution is 2.32. The Hall–Kier alpha value is -2.12. The first-order valence-electron chi connectivity index (χ1n) is 8.61. The molecule has 0 aliphatic carbocycles. The van der Waals surface area contributed by atoms with E-state index < -0.39 is 9.84 Å². The summed E-state index contributed by atoms with van der Waals surface area (Å²) in [5.41, 5.74) is 1.48. The molecule has 1 saturated heterocycles. The Morgan fingerprint density at radius 2 is 2.15 bits per heavy atom. The van der Waals surface area contributed by atoms with Gasteiger partial charge in [0.05, 0.1) is 17.7 Å². The van der Waals surface area contributed by atoms with Crippen molar-refractivity contribution in [3.8, 4) is 11.5 Å². The predicted molar refractivity (Wildman–Crippen MR) is 99.3 cm³/mol. The van der Waals surface area contributed by atoms with Crippen LogP contribution in [0.4, 0.5) is 0 Å². The second-order valence-electron chi connectivity index (χ2n) is 6.73. The fourth-order valence-electron chi connectivity index (χ4n) is 3.49. The summed E-state index contributed by atoms with van der Waals surface area (Å²) in [6.07, 6.45) is 4.74. The largest absolute Gasteiger partial charge is 0.507 e. The first-order chi connectivity index (χ1) is 12.4. The summed E-state index contributed by atoms with van der Waals surface area (Å²) in [4.78, 5) is 6.93. The van der Waals surface area contributed by atoms with Crippen LogP contribution in [0.2, 0.25) is 0 Å². The molecule has 1 N–H and O–H groups in total. The zero-order valence-electron chi connectivity index (χ0n) is 15.1. The Morgan fingerprint density at radius 1 is 1.35 bits per heavy atom. The number of likely N-dealkylation sites (tertiary alicyclic amines) is 1. The Balaban J connectivity index is 1.79. The third kappa shape index (κ3) is 4.16. The Labute approximate surface area is 154 Å². The van der Waals surface area contributed by atoms with E-state index in [1.54, 1.807) is 31.5 Å². The van der Waals surface area contributed by atoms with Crippen LogP contribution in [0, 0.1) is 0 Å². The van der Waals surface area contributed by atoms with Crippen molar-refractivity contribution in [2.45, 2.75) is 30.2 Å². The molecule has 0 bridgehead atoms. The molecule has 1 aromatic carbocycles. The van der Waals surface area contributed by atoms with Gasteiger partial charge < -0.3 is 9.84 Å². The minimum Gasteiger partial charge on any atom is -0.507 e. The molecule has 1 aliphatic rings. The maximum atomic E-state index is 12.1. The quantitative estimate of drug-likeness (QED) is 0.864. The molecule has 1 aromatic heterocycles. The molecule has 0 spiro atoms. The minimum absolute atomic E-state index is 0.0649. The van der Waals surface area contributed by atoms with E-state index in [2.05, 4.69) is 9.88 Å². The number of hydrogen-bond acceptors (Lipinski definition) is 6. The number of ether oxygens (including phenoxy) is 1. The lowest BCUT2D eigenvalue weighted by molar-refractivity contribution is 0.195. The van der Waals surface area contributed by atoms with Crippen LogP contribution in [0.15, 0.2) is 41.4 Å². The van der Waals surface area contributed by atoms with E-state index in [0.717, 1.165) is 24.9 Å². The van der Waals surface area contributed by atoms with E-state index in [4.69, 9.17) is 4.74 Å². The average molecular weight is 376 g/mol. The zero-order chi connectivity index (χ0) is 18.7. The molecule has 7 heteroatoms. The van der Waals surface area contributed by atoms with Crippen molar-refractivity contribution in [3.63, 3.8) is 0 Å². The van der Waals surface area contributed by atoms with E-state index in [9.17, 15) is 13.5 Å². The van der Waals surface area contributed by atoms with Gasteiger partial charge in [0.15, 0.2) is 9.84 Å². The van der Waals surface area contributed by atoms with E-state index in [0.29, 0.717) is 29.4 Å². The van der Waals surface area contributed by atoms with Crippen LogP contribution in [0.1, 0.15) is 30.0 Å². The Kier molecular flexibility index (Phi) is 5.48. The number of nitrogens with zero attached hydrogens (tertiary/aromatic N) is 2. The topological polar surface area (TPSA) is 79.7 Å². The van der Waals surface area contributed by atoms with Crippen molar-refractivity contribution < 1.29 is 18.3 Å². The van der Waals surface area contributed by atoms with Crippen LogP contribution in [-0.4, -0.2) is 49.9 Å². The Morgan fingerprint density at radius 3 is 2.85 bits per heavy atom. The number of piperidine rings is 1. The van der Waals surface area contributed by atoms with E-state index in [1.165, 1.54) is 6.26 Å². The molecule has 2 heterocycles. The predicted octanol–water partition coefficient (Wildman–Crippen LogP) is 2.58. The number of benzene rings is 1. The monoisotopic (exact) mass is 376 g/mol. The second kappa shape index (κ2) is 7.63. The summed E-state index contributed by atoms with van der Waals surface area (Å²) >= 11 is 0. The number of aromatic hydroxyl groups is 1. The van der Waals surface area contributed by atoms with Crippen LogP contribution >= 0.6 is 0 Å². The third-order valence-corrected chi connectivity index (χ3v) is 5.92. The van der Waals surface area contributed by atoms with Crippen molar-refractivity contribution >= 4 is 9.84 Å². The van der Waals surface area contributed by atoms with Gasteiger partial charge in [0.25, 0.3) is 0 Å². The van der Waals surface area contributed by atoms with E-state index in [-0.39, 0.29) is 11.7 Å². The molecule has 0 amide bonds. The van der Waals surface area contributed by atoms with Crippen LogP contribution in [0.5, 0.6) is 11.5 Å². The maximum Gasteiger partial charge on any atom is 0.177 e. The first-order valence-corrected chi connectivity index (χ1v) is 10.5. The van der Waals surface area contributed by atoms with Crippen LogP contribution in [0.3, 0.4) is 0 Å². The zero-order valence-corrected chi connectivity index (χ0v) is 15.9. The fourth-order valence-corrected chi connectivity index (χ4v) is 4.42. The molecule has 140 valence electrons. The molecule has 1 aliphatic heterocycles. The minimum atomic E-state index is -3.31. The van der Waals surface area contributed by atoms with Crippen molar-refractivity contribution in [1.82, 2.24) is 9.88 Å². The first kappa shape index (κ1) is 18.7. The number of pyridine rings is 1. The van der Waals surface area contributed by atoms with Gasteiger partial charge in [0, 0.05) is 43.1 Å².